The van der Waals surface area contributed by atoms with Gasteiger partial charge in [0.05, 0.1) is 0 Å². The van der Waals surface area contributed by atoms with Crippen molar-refractivity contribution in [3.8, 4) is 0 Å². The molecule has 14 heavy (non-hydrogen) atoms. The molecule has 0 aromatic heterocycles. The van der Waals surface area contributed by atoms with Crippen molar-refractivity contribution in [2.75, 3.05) is 19.6 Å². The fourth-order valence-electron chi connectivity index (χ4n) is 1.27. The molecule has 0 bridgehead atoms. The van der Waals surface area contributed by atoms with Crippen molar-refractivity contribution in [3.05, 3.63) is 41.5 Å². The number of rotatable bonds is 5. The lowest BCUT2D eigenvalue weighted by atomic mass is 10.1. The maximum atomic E-state index is 5.39. The van der Waals surface area contributed by atoms with Crippen LogP contribution in [0.15, 0.2) is 35.9 Å². The van der Waals surface area contributed by atoms with Gasteiger partial charge in [0.1, 0.15) is 0 Å². The first-order valence-electron chi connectivity index (χ1n) is 4.96. The minimum atomic E-state index is 0.693. The van der Waals surface area contributed by atoms with Crippen LogP contribution in [0.25, 0.3) is 6.08 Å². The molecule has 0 heterocycles. The minimum absolute atomic E-state index is 0.693. The normalized spacial score (nSPS) is 11.7. The molecular weight excluding hydrogens is 172 g/mol. The van der Waals surface area contributed by atoms with Gasteiger partial charge in [0.15, 0.2) is 0 Å². The third-order valence-electron chi connectivity index (χ3n) is 1.94. The van der Waals surface area contributed by atoms with E-state index in [-0.39, 0.29) is 0 Å². The smallest absolute Gasteiger partial charge is 0.0165 e. The third-order valence-corrected chi connectivity index (χ3v) is 1.94. The van der Waals surface area contributed by atoms with Gasteiger partial charge in [0.25, 0.3) is 0 Å². The fourth-order valence-corrected chi connectivity index (χ4v) is 1.27. The first-order valence-corrected chi connectivity index (χ1v) is 4.96. The van der Waals surface area contributed by atoms with Crippen molar-refractivity contribution in [1.29, 1.82) is 0 Å². The van der Waals surface area contributed by atoms with E-state index in [0.29, 0.717) is 6.54 Å². The number of nitrogens with one attached hydrogen (secondary N) is 1. The van der Waals surface area contributed by atoms with Crippen LogP contribution in [-0.2, 0) is 0 Å². The average Bonchev–Trinajstić information content (AvgIpc) is 2.20. The molecule has 0 aliphatic heterocycles. The maximum Gasteiger partial charge on any atom is 0.0165 e. The van der Waals surface area contributed by atoms with E-state index in [9.17, 15) is 0 Å². The van der Waals surface area contributed by atoms with Crippen molar-refractivity contribution in [2.45, 2.75) is 6.92 Å². The number of hydrogen-bond donors (Lipinski definition) is 2. The van der Waals surface area contributed by atoms with Crippen molar-refractivity contribution < 1.29 is 0 Å². The van der Waals surface area contributed by atoms with Crippen LogP contribution in [0.2, 0.25) is 0 Å². The fraction of sp³-hybridized carbons (Fsp3) is 0.333. The summed E-state index contributed by atoms with van der Waals surface area (Å²) in [4.78, 5) is 0. The van der Waals surface area contributed by atoms with Gasteiger partial charge < -0.3 is 11.1 Å². The molecule has 0 spiro atoms. The van der Waals surface area contributed by atoms with Crippen LogP contribution in [0, 0.1) is 0 Å². The second-order valence-electron chi connectivity index (χ2n) is 3.37. The Balaban J connectivity index is 2.43. The molecule has 0 aliphatic carbocycles. The van der Waals surface area contributed by atoms with Gasteiger partial charge in [-0.05, 0) is 12.5 Å². The topological polar surface area (TPSA) is 38.0 Å². The van der Waals surface area contributed by atoms with E-state index in [4.69, 9.17) is 5.73 Å². The van der Waals surface area contributed by atoms with Crippen LogP contribution in [-0.4, -0.2) is 19.6 Å². The SMILES string of the molecule is CC(=Cc1ccccc1)CNCCN. The highest BCUT2D eigenvalue weighted by molar-refractivity contribution is 5.52. The van der Waals surface area contributed by atoms with E-state index >= 15 is 0 Å². The Kier molecular flexibility index (Phi) is 4.97. The van der Waals surface area contributed by atoms with E-state index in [1.165, 1.54) is 11.1 Å². The molecule has 0 saturated heterocycles. The highest BCUT2D eigenvalue weighted by atomic mass is 14.9. The summed E-state index contributed by atoms with van der Waals surface area (Å²) in [5.74, 6) is 0. The highest BCUT2D eigenvalue weighted by Crippen LogP contribution is 2.04. The van der Waals surface area contributed by atoms with Crippen LogP contribution in [0.5, 0.6) is 0 Å². The van der Waals surface area contributed by atoms with Gasteiger partial charge in [-0.2, -0.15) is 0 Å². The lowest BCUT2D eigenvalue weighted by molar-refractivity contribution is 0.738. The van der Waals surface area contributed by atoms with Crippen LogP contribution < -0.4 is 11.1 Å². The zero-order valence-electron chi connectivity index (χ0n) is 8.66. The Labute approximate surface area is 85.8 Å². The van der Waals surface area contributed by atoms with E-state index < -0.39 is 0 Å². The lowest BCUT2D eigenvalue weighted by Gasteiger charge is -2.03. The number of benzene rings is 1. The molecule has 0 amide bonds. The van der Waals surface area contributed by atoms with E-state index in [2.05, 4.69) is 30.4 Å². The van der Waals surface area contributed by atoms with Gasteiger partial charge >= 0.3 is 0 Å². The summed E-state index contributed by atoms with van der Waals surface area (Å²) >= 11 is 0. The van der Waals surface area contributed by atoms with E-state index in [1.54, 1.807) is 0 Å². The first-order chi connectivity index (χ1) is 6.83. The zero-order valence-corrected chi connectivity index (χ0v) is 8.66. The second kappa shape index (κ2) is 6.35. The summed E-state index contributed by atoms with van der Waals surface area (Å²) in [6.07, 6.45) is 2.18. The summed E-state index contributed by atoms with van der Waals surface area (Å²) in [7, 11) is 0. The van der Waals surface area contributed by atoms with Crippen LogP contribution in [0.4, 0.5) is 0 Å². The second-order valence-corrected chi connectivity index (χ2v) is 3.37. The lowest BCUT2D eigenvalue weighted by Crippen LogP contribution is -2.23. The summed E-state index contributed by atoms with van der Waals surface area (Å²) in [5.41, 5.74) is 7.96. The Morgan fingerprint density at radius 1 is 1.36 bits per heavy atom. The minimum Gasteiger partial charge on any atom is -0.329 e. The van der Waals surface area contributed by atoms with Crippen molar-refractivity contribution in [1.82, 2.24) is 5.32 Å². The summed E-state index contributed by atoms with van der Waals surface area (Å²) in [6, 6.07) is 10.3. The molecule has 2 heteroatoms. The van der Waals surface area contributed by atoms with Gasteiger partial charge in [-0.15, -0.1) is 0 Å². The Hall–Kier alpha value is -1.12. The van der Waals surface area contributed by atoms with Gasteiger partial charge in [-0.25, -0.2) is 0 Å². The molecule has 0 radical (unpaired) electrons. The highest BCUT2D eigenvalue weighted by Gasteiger charge is 1.90. The van der Waals surface area contributed by atoms with Crippen LogP contribution in [0.3, 0.4) is 0 Å². The zero-order chi connectivity index (χ0) is 10.2. The molecule has 0 unspecified atom stereocenters. The van der Waals surface area contributed by atoms with Crippen LogP contribution >= 0.6 is 0 Å². The molecular formula is C12H18N2. The number of nitrogens with two attached hydrogens (primary N) is 1. The molecule has 0 aliphatic rings. The molecule has 76 valence electrons. The molecule has 1 aromatic rings. The maximum absolute atomic E-state index is 5.39. The predicted molar refractivity (Wildman–Crippen MR) is 62.0 cm³/mol. The molecule has 0 fully saturated rings. The summed E-state index contributed by atoms with van der Waals surface area (Å²) < 4.78 is 0. The van der Waals surface area contributed by atoms with Crippen molar-refractivity contribution >= 4 is 6.08 Å². The summed E-state index contributed by atoms with van der Waals surface area (Å²) in [6.45, 7) is 4.60. The third kappa shape index (κ3) is 4.21. The van der Waals surface area contributed by atoms with E-state index in [1.807, 2.05) is 18.2 Å². The van der Waals surface area contributed by atoms with Crippen molar-refractivity contribution in [2.24, 2.45) is 5.73 Å². The van der Waals surface area contributed by atoms with Gasteiger partial charge in [-0.1, -0.05) is 42.0 Å². The van der Waals surface area contributed by atoms with Gasteiger partial charge in [0, 0.05) is 19.6 Å². The molecule has 1 aromatic carbocycles. The van der Waals surface area contributed by atoms with Gasteiger partial charge in [0.2, 0.25) is 0 Å². The Morgan fingerprint density at radius 2 is 2.07 bits per heavy atom. The molecule has 1 rings (SSSR count). The predicted octanol–water partition coefficient (Wildman–Crippen LogP) is 1.64. The Morgan fingerprint density at radius 3 is 2.71 bits per heavy atom. The standard InChI is InChI=1S/C12H18N2/c1-11(10-14-8-7-13)9-12-5-3-2-4-6-12/h2-6,9,14H,7-8,10,13H2,1H3. The average molecular weight is 190 g/mol. The monoisotopic (exact) mass is 190 g/mol. The molecule has 2 nitrogen and oxygen atoms in total. The summed E-state index contributed by atoms with van der Waals surface area (Å²) in [5, 5.41) is 3.26. The van der Waals surface area contributed by atoms with Gasteiger partial charge in [-0.3, -0.25) is 0 Å². The molecule has 0 atom stereocenters. The van der Waals surface area contributed by atoms with E-state index in [0.717, 1.165) is 13.1 Å². The number of hydrogen-bond acceptors (Lipinski definition) is 2. The molecule has 0 saturated carbocycles. The quantitative estimate of drug-likeness (QED) is 0.693. The van der Waals surface area contributed by atoms with Crippen molar-refractivity contribution in [3.63, 3.8) is 0 Å². The molecule has 3 N–H and O–H groups in total. The van der Waals surface area contributed by atoms with Crippen LogP contribution in [0.1, 0.15) is 12.5 Å². The first kappa shape index (κ1) is 11.0. The largest absolute Gasteiger partial charge is 0.329 e. The Bertz CT molecular complexity index is 278.